The van der Waals surface area contributed by atoms with Gasteiger partial charge in [0.15, 0.2) is 0 Å². The first-order valence-electron chi connectivity index (χ1n) is 7.05. The Morgan fingerprint density at radius 3 is 2.45 bits per heavy atom. The number of hydrogen-bond donors (Lipinski definition) is 1. The molecule has 3 rings (SSSR count). The van der Waals surface area contributed by atoms with Crippen LogP contribution in [-0.4, -0.2) is 28.6 Å². The molecule has 1 heterocycles. The number of nitrogens with zero attached hydrogens (tertiary/aromatic N) is 2. The van der Waals surface area contributed by atoms with Gasteiger partial charge in [-0.05, 0) is 17.2 Å². The lowest BCUT2D eigenvalue weighted by molar-refractivity contribution is -0.137. The Hall–Kier alpha value is -2.82. The number of carboxylic acids is 1. The van der Waals surface area contributed by atoms with Crippen LogP contribution < -0.4 is 4.90 Å². The minimum Gasteiger partial charge on any atom is -0.480 e. The number of fused-ring (bicyclic) bond motifs is 1. The summed E-state index contributed by atoms with van der Waals surface area (Å²) in [5.74, 6) is -1.01. The lowest BCUT2D eigenvalue weighted by Crippen LogP contribution is -2.48. The van der Waals surface area contributed by atoms with Crippen molar-refractivity contribution in [1.82, 2.24) is 4.90 Å². The Bertz CT molecular complexity index is 700. The maximum absolute atomic E-state index is 12.6. The third-order valence-corrected chi connectivity index (χ3v) is 3.65. The summed E-state index contributed by atoms with van der Waals surface area (Å²) in [4.78, 5) is 26.6. The van der Waals surface area contributed by atoms with Crippen molar-refractivity contribution in [2.45, 2.75) is 13.1 Å². The molecular formula is C17H16N2O3. The van der Waals surface area contributed by atoms with Crippen molar-refractivity contribution < 1.29 is 14.7 Å². The van der Waals surface area contributed by atoms with Crippen LogP contribution in [0.1, 0.15) is 11.1 Å². The molecule has 0 atom stereocenters. The number of carboxylic acid groups (broad SMARTS) is 1. The van der Waals surface area contributed by atoms with Crippen molar-refractivity contribution in [1.29, 1.82) is 0 Å². The number of aliphatic carboxylic acids is 1. The molecule has 22 heavy (non-hydrogen) atoms. The zero-order chi connectivity index (χ0) is 15.5. The van der Waals surface area contributed by atoms with E-state index in [0.717, 1.165) is 16.8 Å². The number of carbonyl (C=O) groups excluding carboxylic acids is 1. The number of amides is 2. The highest BCUT2D eigenvalue weighted by atomic mass is 16.4. The summed E-state index contributed by atoms with van der Waals surface area (Å²) < 4.78 is 0. The Morgan fingerprint density at radius 2 is 1.73 bits per heavy atom. The Kier molecular flexibility index (Phi) is 3.78. The normalized spacial score (nSPS) is 13.9. The third-order valence-electron chi connectivity index (χ3n) is 3.65. The van der Waals surface area contributed by atoms with E-state index >= 15 is 0 Å². The number of benzene rings is 2. The lowest BCUT2D eigenvalue weighted by Gasteiger charge is -2.36. The van der Waals surface area contributed by atoms with Gasteiger partial charge in [-0.25, -0.2) is 4.79 Å². The van der Waals surface area contributed by atoms with E-state index in [1.54, 1.807) is 4.90 Å². The summed E-state index contributed by atoms with van der Waals surface area (Å²) in [5.41, 5.74) is 2.81. The summed E-state index contributed by atoms with van der Waals surface area (Å²) in [6.45, 7) is 0.456. The van der Waals surface area contributed by atoms with Crippen molar-refractivity contribution >= 4 is 17.7 Å². The van der Waals surface area contributed by atoms with Gasteiger partial charge < -0.3 is 10.0 Å². The smallest absolute Gasteiger partial charge is 0.325 e. The van der Waals surface area contributed by atoms with E-state index in [1.165, 1.54) is 4.90 Å². The van der Waals surface area contributed by atoms with E-state index in [1.807, 2.05) is 54.6 Å². The predicted octanol–water partition coefficient (Wildman–Crippen LogP) is 2.71. The molecule has 1 aliphatic rings. The molecule has 1 N–H and O–H groups in total. The molecule has 5 heteroatoms. The molecule has 0 unspecified atom stereocenters. The van der Waals surface area contributed by atoms with Gasteiger partial charge in [0.25, 0.3) is 0 Å². The molecule has 0 aliphatic carbocycles. The van der Waals surface area contributed by atoms with Crippen molar-refractivity contribution in [3.63, 3.8) is 0 Å². The number of hydrogen-bond acceptors (Lipinski definition) is 2. The van der Waals surface area contributed by atoms with E-state index in [4.69, 9.17) is 5.11 Å². The molecule has 2 aromatic carbocycles. The minimum absolute atomic E-state index is 0.273. The highest BCUT2D eigenvalue weighted by Gasteiger charge is 2.31. The monoisotopic (exact) mass is 296 g/mol. The third kappa shape index (κ3) is 2.79. The zero-order valence-corrected chi connectivity index (χ0v) is 12.0. The van der Waals surface area contributed by atoms with Crippen LogP contribution in [0.15, 0.2) is 54.6 Å². The number of urea groups is 1. The van der Waals surface area contributed by atoms with E-state index in [2.05, 4.69) is 0 Å². The molecule has 112 valence electrons. The second-order valence-corrected chi connectivity index (χ2v) is 5.23. The minimum atomic E-state index is -1.01. The highest BCUT2D eigenvalue weighted by Crippen LogP contribution is 2.29. The average Bonchev–Trinajstić information content (AvgIpc) is 2.52. The maximum atomic E-state index is 12.6. The number of para-hydroxylation sites is 1. The summed E-state index contributed by atoms with van der Waals surface area (Å²) in [6, 6.07) is 17.0. The number of rotatable bonds is 4. The van der Waals surface area contributed by atoms with Crippen molar-refractivity contribution in [2.75, 3.05) is 11.4 Å². The largest absolute Gasteiger partial charge is 0.480 e. The molecule has 0 saturated carbocycles. The summed E-state index contributed by atoms with van der Waals surface area (Å²) in [7, 11) is 0. The van der Waals surface area contributed by atoms with Crippen LogP contribution in [-0.2, 0) is 17.9 Å². The van der Waals surface area contributed by atoms with Crippen LogP contribution in [0.2, 0.25) is 0 Å². The molecule has 2 aromatic rings. The molecule has 2 amide bonds. The van der Waals surface area contributed by atoms with Crippen LogP contribution in [0.25, 0.3) is 0 Å². The van der Waals surface area contributed by atoms with E-state index < -0.39 is 5.97 Å². The van der Waals surface area contributed by atoms with E-state index in [-0.39, 0.29) is 12.6 Å². The van der Waals surface area contributed by atoms with Crippen LogP contribution in [0.3, 0.4) is 0 Å². The van der Waals surface area contributed by atoms with Crippen LogP contribution in [0, 0.1) is 0 Å². The second kappa shape index (κ2) is 5.89. The quantitative estimate of drug-likeness (QED) is 0.943. The van der Waals surface area contributed by atoms with Gasteiger partial charge in [-0.2, -0.15) is 0 Å². The zero-order valence-electron chi connectivity index (χ0n) is 12.0. The van der Waals surface area contributed by atoms with Gasteiger partial charge in [-0.1, -0.05) is 48.5 Å². The SMILES string of the molecule is O=C(O)CN1Cc2ccccc2N(Cc2ccccc2)C1=O. The molecule has 0 spiro atoms. The topological polar surface area (TPSA) is 60.9 Å². The van der Waals surface area contributed by atoms with Crippen LogP contribution >= 0.6 is 0 Å². The van der Waals surface area contributed by atoms with Gasteiger partial charge in [0.05, 0.1) is 18.8 Å². The fourth-order valence-electron chi connectivity index (χ4n) is 2.66. The van der Waals surface area contributed by atoms with Gasteiger partial charge in [0.2, 0.25) is 0 Å². The average molecular weight is 296 g/mol. The van der Waals surface area contributed by atoms with Gasteiger partial charge in [-0.15, -0.1) is 0 Å². The van der Waals surface area contributed by atoms with E-state index in [0.29, 0.717) is 13.1 Å². The Morgan fingerprint density at radius 1 is 1.05 bits per heavy atom. The molecule has 0 bridgehead atoms. The van der Waals surface area contributed by atoms with E-state index in [9.17, 15) is 9.59 Å². The molecule has 1 aliphatic heterocycles. The van der Waals surface area contributed by atoms with Crippen LogP contribution in [0.4, 0.5) is 10.5 Å². The molecule has 0 radical (unpaired) electrons. The highest BCUT2D eigenvalue weighted by molar-refractivity contribution is 5.96. The molecule has 5 nitrogen and oxygen atoms in total. The lowest BCUT2D eigenvalue weighted by atomic mass is 10.1. The fourth-order valence-corrected chi connectivity index (χ4v) is 2.66. The summed E-state index contributed by atoms with van der Waals surface area (Å²) in [6.07, 6.45) is 0. The van der Waals surface area contributed by atoms with Crippen LogP contribution in [0.5, 0.6) is 0 Å². The van der Waals surface area contributed by atoms with Crippen molar-refractivity contribution in [2.24, 2.45) is 0 Å². The van der Waals surface area contributed by atoms with Crippen molar-refractivity contribution in [3.05, 3.63) is 65.7 Å². The predicted molar refractivity (Wildman–Crippen MR) is 82.5 cm³/mol. The van der Waals surface area contributed by atoms with Gasteiger partial charge in [-0.3, -0.25) is 9.69 Å². The molecule has 0 aromatic heterocycles. The first-order valence-corrected chi connectivity index (χ1v) is 7.05. The Labute approximate surface area is 128 Å². The second-order valence-electron chi connectivity index (χ2n) is 5.23. The molecule has 0 saturated heterocycles. The standard InChI is InChI=1S/C17H16N2O3/c20-16(21)12-18-11-14-8-4-5-9-15(14)19(17(18)22)10-13-6-2-1-3-7-13/h1-9H,10-12H2,(H,20,21). The maximum Gasteiger partial charge on any atom is 0.325 e. The number of carbonyl (C=O) groups is 2. The number of anilines is 1. The first kappa shape index (κ1) is 14.1. The van der Waals surface area contributed by atoms with Crippen molar-refractivity contribution in [3.8, 4) is 0 Å². The fraction of sp³-hybridized carbons (Fsp3) is 0.176. The first-order chi connectivity index (χ1) is 10.6. The summed E-state index contributed by atoms with van der Waals surface area (Å²) in [5, 5.41) is 9.00. The Balaban J connectivity index is 1.94. The molecular weight excluding hydrogens is 280 g/mol. The summed E-state index contributed by atoms with van der Waals surface area (Å²) >= 11 is 0. The van der Waals surface area contributed by atoms with Gasteiger partial charge >= 0.3 is 12.0 Å². The van der Waals surface area contributed by atoms with Gasteiger partial charge in [0.1, 0.15) is 6.54 Å². The molecule has 0 fully saturated rings. The van der Waals surface area contributed by atoms with Gasteiger partial charge in [0, 0.05) is 0 Å².